The molecule has 0 aromatic carbocycles. The lowest BCUT2D eigenvalue weighted by Gasteiger charge is -2.61. The molecule has 4 saturated carbocycles. The smallest absolute Gasteiger partial charge is 0.394 e. The topological polar surface area (TPSA) is 136 Å². The Bertz CT molecular complexity index is 795. The van der Waals surface area contributed by atoms with Gasteiger partial charge in [-0.15, -0.1) is 0 Å². The van der Waals surface area contributed by atoms with Gasteiger partial charge in [0.05, 0.1) is 18.6 Å². The molecule has 3 atom stereocenters. The van der Waals surface area contributed by atoms with Crippen molar-refractivity contribution >= 4 is 22.1 Å². The van der Waals surface area contributed by atoms with Gasteiger partial charge in [0.15, 0.2) is 5.79 Å². The van der Waals surface area contributed by atoms with Crippen molar-refractivity contribution in [2.45, 2.75) is 49.2 Å². The maximum absolute atomic E-state index is 13.5. The van der Waals surface area contributed by atoms with Gasteiger partial charge >= 0.3 is 27.3 Å². The van der Waals surface area contributed by atoms with E-state index >= 15 is 0 Å². The third-order valence-electron chi connectivity index (χ3n) is 6.56. The fourth-order valence-corrected chi connectivity index (χ4v) is 5.86. The molecule has 5 rings (SSSR count). The van der Waals surface area contributed by atoms with Crippen LogP contribution < -0.4 is 0 Å². The van der Waals surface area contributed by atoms with Gasteiger partial charge in [0, 0.05) is 11.8 Å². The molecule has 2 N–H and O–H groups in total. The fraction of sp³-hybridized carbons (Fsp3) is 0.875. The molecule has 4 bridgehead atoms. The summed E-state index contributed by atoms with van der Waals surface area (Å²) in [5.74, 6) is -5.16. The average molecular weight is 426 g/mol. The average Bonchev–Trinajstić information content (AvgIpc) is 3.03. The third-order valence-corrected chi connectivity index (χ3v) is 7.37. The molecule has 9 nitrogen and oxygen atoms in total. The number of alkyl halides is 2. The van der Waals surface area contributed by atoms with E-state index in [0.29, 0.717) is 19.3 Å². The first-order valence-electron chi connectivity index (χ1n) is 8.98. The van der Waals surface area contributed by atoms with Crippen molar-refractivity contribution in [1.29, 1.82) is 0 Å². The molecule has 3 unspecified atom stereocenters. The molecule has 0 radical (unpaired) electrons. The zero-order valence-electron chi connectivity index (χ0n) is 14.7. The number of halogens is 2. The summed E-state index contributed by atoms with van der Waals surface area (Å²) in [6, 6.07) is 0. The highest BCUT2D eigenvalue weighted by atomic mass is 32.2. The van der Waals surface area contributed by atoms with Crippen molar-refractivity contribution in [2.75, 3.05) is 13.2 Å². The van der Waals surface area contributed by atoms with Crippen molar-refractivity contribution in [3.05, 3.63) is 0 Å². The number of esters is 2. The van der Waals surface area contributed by atoms with Crippen molar-refractivity contribution < 1.29 is 50.7 Å². The minimum Gasteiger partial charge on any atom is -0.394 e. The van der Waals surface area contributed by atoms with Crippen LogP contribution in [0.1, 0.15) is 32.1 Å². The van der Waals surface area contributed by atoms with E-state index in [9.17, 15) is 31.9 Å². The first kappa shape index (κ1) is 20.1. The lowest BCUT2D eigenvalue weighted by atomic mass is 9.47. The number of carbonyl (C=O) groups excluding carboxylic acids is 2. The highest BCUT2D eigenvalue weighted by Crippen LogP contribution is 2.66. The van der Waals surface area contributed by atoms with Gasteiger partial charge < -0.3 is 19.3 Å². The maximum atomic E-state index is 13.5. The molecule has 28 heavy (non-hydrogen) atoms. The summed E-state index contributed by atoms with van der Waals surface area (Å²) in [7, 11) is -6.05. The summed E-state index contributed by atoms with van der Waals surface area (Å²) >= 11 is 0. The Morgan fingerprint density at radius 1 is 1.18 bits per heavy atom. The van der Waals surface area contributed by atoms with Crippen molar-refractivity contribution in [2.24, 2.45) is 23.2 Å². The number of ether oxygens (including phenoxy) is 3. The van der Waals surface area contributed by atoms with E-state index in [-0.39, 0.29) is 43.8 Å². The van der Waals surface area contributed by atoms with Gasteiger partial charge in [-0.1, -0.05) is 0 Å². The van der Waals surface area contributed by atoms with E-state index in [2.05, 4.69) is 4.74 Å². The Balaban J connectivity index is 1.54. The van der Waals surface area contributed by atoms with Gasteiger partial charge in [0.25, 0.3) is 0 Å². The van der Waals surface area contributed by atoms with Crippen molar-refractivity contribution in [1.82, 2.24) is 0 Å². The molecule has 5 fully saturated rings. The van der Waals surface area contributed by atoms with E-state index in [1.54, 1.807) is 0 Å². The minimum atomic E-state index is -6.05. The summed E-state index contributed by atoms with van der Waals surface area (Å²) < 4.78 is 72.9. The molecule has 1 heterocycles. The van der Waals surface area contributed by atoms with Crippen LogP contribution in [0, 0.1) is 23.2 Å². The molecule has 0 aromatic rings. The van der Waals surface area contributed by atoms with Gasteiger partial charge in [-0.05, 0) is 38.0 Å². The van der Waals surface area contributed by atoms with Crippen LogP contribution in [0.3, 0.4) is 0 Å². The van der Waals surface area contributed by atoms with Crippen LogP contribution >= 0.6 is 0 Å². The molecule has 4 aliphatic carbocycles. The Morgan fingerprint density at radius 2 is 1.79 bits per heavy atom. The number of aliphatic hydroxyl groups is 1. The van der Waals surface area contributed by atoms with Gasteiger partial charge in [0.1, 0.15) is 6.10 Å². The monoisotopic (exact) mass is 426 g/mol. The second-order valence-corrected chi connectivity index (χ2v) is 9.71. The summed E-state index contributed by atoms with van der Waals surface area (Å²) in [4.78, 5) is 24.2. The molecule has 5 aliphatic rings. The van der Waals surface area contributed by atoms with Gasteiger partial charge in [-0.2, -0.15) is 17.2 Å². The highest BCUT2D eigenvalue weighted by molar-refractivity contribution is 7.87. The first-order valence-corrected chi connectivity index (χ1v) is 10.4. The quantitative estimate of drug-likeness (QED) is 0.373. The Kier molecular flexibility index (Phi) is 4.41. The summed E-state index contributed by atoms with van der Waals surface area (Å²) in [6.45, 7) is 0.00169. The van der Waals surface area contributed by atoms with E-state index in [1.807, 2.05) is 0 Å². The summed E-state index contributed by atoms with van der Waals surface area (Å²) in [5.41, 5.74) is -1.21. The Morgan fingerprint density at radius 3 is 2.29 bits per heavy atom. The standard InChI is InChI=1S/C16H20F2O9S/c17-16(18,28(22,23)24)13(21)26-12(20)14-3-8-1-9(4-14)15(10(2-8)5-14)25-7-11(6-19)27-15/h8-11,19H,1-7H2,(H,22,23,24). The van der Waals surface area contributed by atoms with Crippen LogP contribution in [0.4, 0.5) is 8.78 Å². The number of aliphatic hydroxyl groups excluding tert-OH is 1. The van der Waals surface area contributed by atoms with Gasteiger partial charge in [-0.3, -0.25) is 9.35 Å². The molecule has 12 heteroatoms. The van der Waals surface area contributed by atoms with Gasteiger partial charge in [-0.25, -0.2) is 4.79 Å². The minimum absolute atomic E-state index is 0.0910. The predicted octanol–water partition coefficient (Wildman–Crippen LogP) is 0.467. The SMILES string of the molecule is O=C(OC(=O)C(F)(F)S(=O)(=O)O)C12CC3CC(C1)C1(OCC(CO)O1)C(C3)C2. The lowest BCUT2D eigenvalue weighted by Crippen LogP contribution is -2.64. The number of hydrogen-bond donors (Lipinski definition) is 2. The fourth-order valence-electron chi connectivity index (χ4n) is 5.60. The van der Waals surface area contributed by atoms with E-state index in [4.69, 9.17) is 14.0 Å². The molecule has 1 aliphatic heterocycles. The molecular formula is C16H20F2O9S. The molecule has 0 aromatic heterocycles. The molecular weight excluding hydrogens is 406 g/mol. The zero-order chi connectivity index (χ0) is 20.5. The van der Waals surface area contributed by atoms with E-state index in [1.165, 1.54) is 0 Å². The number of carbonyl (C=O) groups is 2. The predicted molar refractivity (Wildman–Crippen MR) is 84.2 cm³/mol. The van der Waals surface area contributed by atoms with Crippen molar-refractivity contribution in [3.8, 4) is 0 Å². The van der Waals surface area contributed by atoms with E-state index < -0.39 is 44.6 Å². The first-order chi connectivity index (χ1) is 12.9. The number of rotatable bonds is 4. The Labute approximate surface area is 159 Å². The molecule has 1 spiro atoms. The van der Waals surface area contributed by atoms with Crippen LogP contribution in [0.15, 0.2) is 0 Å². The lowest BCUT2D eigenvalue weighted by molar-refractivity contribution is -0.307. The van der Waals surface area contributed by atoms with Gasteiger partial charge in [0.2, 0.25) is 0 Å². The van der Waals surface area contributed by atoms with E-state index in [0.717, 1.165) is 0 Å². The number of hydrogen-bond acceptors (Lipinski definition) is 8. The third kappa shape index (κ3) is 2.72. The molecule has 1 saturated heterocycles. The van der Waals surface area contributed by atoms with Crippen LogP contribution in [-0.2, 0) is 33.9 Å². The summed E-state index contributed by atoms with van der Waals surface area (Å²) in [5, 5.41) is 4.10. The molecule has 158 valence electrons. The van der Waals surface area contributed by atoms with Crippen molar-refractivity contribution in [3.63, 3.8) is 0 Å². The highest BCUT2D eigenvalue weighted by Gasteiger charge is 2.69. The van der Waals surface area contributed by atoms with Crippen LogP contribution in [0.5, 0.6) is 0 Å². The molecule has 0 amide bonds. The maximum Gasteiger partial charge on any atom is 0.466 e. The Hall–Kier alpha value is -1.21. The second-order valence-electron chi connectivity index (χ2n) is 8.25. The largest absolute Gasteiger partial charge is 0.466 e. The zero-order valence-corrected chi connectivity index (χ0v) is 15.5. The van der Waals surface area contributed by atoms with Crippen LogP contribution in [0.2, 0.25) is 0 Å². The second kappa shape index (κ2) is 6.14. The normalized spacial score (nSPS) is 42.1. The van der Waals surface area contributed by atoms with Crippen LogP contribution in [-0.4, -0.2) is 60.4 Å². The van der Waals surface area contributed by atoms with Crippen LogP contribution in [0.25, 0.3) is 0 Å². The summed E-state index contributed by atoms with van der Waals surface area (Å²) in [6.07, 6.45) is 1.61.